The molecule has 1 fully saturated rings. The number of carbonyl (C=O) groups excluding carboxylic acids is 2. The first-order chi connectivity index (χ1) is 10.6. The second-order valence-electron chi connectivity index (χ2n) is 5.13. The molecule has 0 N–H and O–H groups in total. The van der Waals surface area contributed by atoms with Gasteiger partial charge in [-0.3, -0.25) is 4.79 Å². The molecular weight excluding hydrogens is 286 g/mol. The highest BCUT2D eigenvalue weighted by Gasteiger charge is 2.33. The molecule has 22 heavy (non-hydrogen) atoms. The first-order valence-electron chi connectivity index (χ1n) is 7.22. The van der Waals surface area contributed by atoms with E-state index in [0.29, 0.717) is 30.0 Å². The lowest BCUT2D eigenvalue weighted by Gasteiger charge is -2.33. The van der Waals surface area contributed by atoms with E-state index in [0.717, 1.165) is 12.8 Å². The maximum Gasteiger partial charge on any atom is 0.328 e. The third-order valence-corrected chi connectivity index (χ3v) is 3.84. The second-order valence-corrected chi connectivity index (χ2v) is 5.13. The van der Waals surface area contributed by atoms with Crippen LogP contribution in [0.25, 0.3) is 0 Å². The molecule has 0 radical (unpaired) electrons. The number of piperidine rings is 1. The zero-order valence-electron chi connectivity index (χ0n) is 13.1. The molecule has 6 heteroatoms. The summed E-state index contributed by atoms with van der Waals surface area (Å²) in [6.07, 6.45) is 2.41. The SMILES string of the molecule is COC(=O)[C@@H]1CCCCN1C(=O)c1cc(OC)cc(OC)c1. The van der Waals surface area contributed by atoms with Gasteiger partial charge in [-0.1, -0.05) is 0 Å². The number of hydrogen-bond donors (Lipinski definition) is 0. The number of likely N-dealkylation sites (tertiary alicyclic amines) is 1. The first kappa shape index (κ1) is 16.1. The van der Waals surface area contributed by atoms with Gasteiger partial charge in [0.25, 0.3) is 5.91 Å². The Balaban J connectivity index is 2.30. The zero-order valence-corrected chi connectivity index (χ0v) is 13.1. The van der Waals surface area contributed by atoms with Gasteiger partial charge in [-0.2, -0.15) is 0 Å². The van der Waals surface area contributed by atoms with Gasteiger partial charge in [-0.05, 0) is 31.4 Å². The highest BCUT2D eigenvalue weighted by molar-refractivity contribution is 5.97. The fourth-order valence-electron chi connectivity index (χ4n) is 2.65. The van der Waals surface area contributed by atoms with Crippen LogP contribution in [0.3, 0.4) is 0 Å². The summed E-state index contributed by atoms with van der Waals surface area (Å²) in [6, 6.07) is 4.47. The third-order valence-electron chi connectivity index (χ3n) is 3.84. The average Bonchev–Trinajstić information content (AvgIpc) is 2.59. The van der Waals surface area contributed by atoms with Crippen molar-refractivity contribution in [3.8, 4) is 11.5 Å². The van der Waals surface area contributed by atoms with Crippen LogP contribution in [0.4, 0.5) is 0 Å². The van der Waals surface area contributed by atoms with Crippen molar-refractivity contribution in [1.82, 2.24) is 4.90 Å². The Morgan fingerprint density at radius 3 is 2.23 bits per heavy atom. The number of benzene rings is 1. The van der Waals surface area contributed by atoms with Gasteiger partial charge in [-0.15, -0.1) is 0 Å². The molecule has 1 amide bonds. The summed E-state index contributed by atoms with van der Waals surface area (Å²) in [5.41, 5.74) is 0.437. The zero-order chi connectivity index (χ0) is 16.1. The van der Waals surface area contributed by atoms with Crippen LogP contribution in [0.15, 0.2) is 18.2 Å². The van der Waals surface area contributed by atoms with E-state index in [9.17, 15) is 9.59 Å². The summed E-state index contributed by atoms with van der Waals surface area (Å²) in [5, 5.41) is 0. The van der Waals surface area contributed by atoms with Crippen LogP contribution in [0.2, 0.25) is 0 Å². The molecule has 1 heterocycles. The number of ether oxygens (including phenoxy) is 3. The highest BCUT2D eigenvalue weighted by atomic mass is 16.5. The summed E-state index contributed by atoms with van der Waals surface area (Å²) in [7, 11) is 4.40. The van der Waals surface area contributed by atoms with E-state index < -0.39 is 6.04 Å². The Hall–Kier alpha value is -2.24. The van der Waals surface area contributed by atoms with Crippen LogP contribution in [0.5, 0.6) is 11.5 Å². The Morgan fingerprint density at radius 2 is 1.68 bits per heavy atom. The van der Waals surface area contributed by atoms with E-state index in [1.165, 1.54) is 21.3 Å². The van der Waals surface area contributed by atoms with E-state index >= 15 is 0 Å². The number of methoxy groups -OCH3 is 3. The molecule has 1 aromatic carbocycles. The molecule has 1 aromatic rings. The summed E-state index contributed by atoms with van der Waals surface area (Å²) >= 11 is 0. The van der Waals surface area contributed by atoms with Gasteiger partial charge in [0.05, 0.1) is 21.3 Å². The number of carbonyl (C=O) groups is 2. The quantitative estimate of drug-likeness (QED) is 0.795. The predicted molar refractivity (Wildman–Crippen MR) is 80.2 cm³/mol. The molecule has 1 atom stereocenters. The van der Waals surface area contributed by atoms with Crippen molar-refractivity contribution in [3.05, 3.63) is 23.8 Å². The molecule has 0 unspecified atom stereocenters. The molecule has 1 saturated heterocycles. The van der Waals surface area contributed by atoms with Gasteiger partial charge in [0.2, 0.25) is 0 Å². The maximum atomic E-state index is 12.8. The van der Waals surface area contributed by atoms with Gasteiger partial charge in [0.15, 0.2) is 0 Å². The molecule has 1 aliphatic heterocycles. The number of hydrogen-bond acceptors (Lipinski definition) is 5. The molecule has 0 aliphatic carbocycles. The van der Waals surface area contributed by atoms with Gasteiger partial charge in [-0.25, -0.2) is 4.79 Å². The molecule has 6 nitrogen and oxygen atoms in total. The number of rotatable bonds is 4. The molecule has 1 aliphatic rings. The number of amides is 1. The van der Waals surface area contributed by atoms with Crippen LogP contribution < -0.4 is 9.47 Å². The maximum absolute atomic E-state index is 12.8. The van der Waals surface area contributed by atoms with Crippen molar-refractivity contribution in [2.45, 2.75) is 25.3 Å². The summed E-state index contributed by atoms with van der Waals surface area (Å²) < 4.78 is 15.2. The Morgan fingerprint density at radius 1 is 1.05 bits per heavy atom. The Labute approximate surface area is 129 Å². The van der Waals surface area contributed by atoms with Crippen molar-refractivity contribution in [3.63, 3.8) is 0 Å². The first-order valence-corrected chi connectivity index (χ1v) is 7.22. The fraction of sp³-hybridized carbons (Fsp3) is 0.500. The van der Waals surface area contributed by atoms with E-state index in [1.807, 2.05) is 0 Å². The van der Waals surface area contributed by atoms with Crippen molar-refractivity contribution in [2.75, 3.05) is 27.9 Å². The van der Waals surface area contributed by atoms with E-state index in [4.69, 9.17) is 14.2 Å². The smallest absolute Gasteiger partial charge is 0.328 e. The van der Waals surface area contributed by atoms with Crippen LogP contribution in [-0.2, 0) is 9.53 Å². The van der Waals surface area contributed by atoms with E-state index in [1.54, 1.807) is 23.1 Å². The van der Waals surface area contributed by atoms with Gasteiger partial charge in [0, 0.05) is 18.2 Å². The molecule has 0 bridgehead atoms. The third kappa shape index (κ3) is 3.32. The minimum atomic E-state index is -0.525. The lowest BCUT2D eigenvalue weighted by atomic mass is 10.0. The number of nitrogens with zero attached hydrogens (tertiary/aromatic N) is 1. The van der Waals surface area contributed by atoms with Crippen molar-refractivity contribution in [2.24, 2.45) is 0 Å². The fourth-order valence-corrected chi connectivity index (χ4v) is 2.65. The van der Waals surface area contributed by atoms with E-state index in [-0.39, 0.29) is 11.9 Å². The van der Waals surface area contributed by atoms with Gasteiger partial charge < -0.3 is 19.1 Å². The molecule has 0 aromatic heterocycles. The highest BCUT2D eigenvalue weighted by Crippen LogP contribution is 2.26. The topological polar surface area (TPSA) is 65.1 Å². The van der Waals surface area contributed by atoms with Crippen LogP contribution in [0.1, 0.15) is 29.6 Å². The molecule has 2 rings (SSSR count). The van der Waals surface area contributed by atoms with Crippen LogP contribution in [0, 0.1) is 0 Å². The van der Waals surface area contributed by atoms with Crippen LogP contribution in [-0.4, -0.2) is 50.7 Å². The minimum Gasteiger partial charge on any atom is -0.497 e. The van der Waals surface area contributed by atoms with Gasteiger partial charge >= 0.3 is 5.97 Å². The van der Waals surface area contributed by atoms with Gasteiger partial charge in [0.1, 0.15) is 17.5 Å². The van der Waals surface area contributed by atoms with Crippen molar-refractivity contribution < 1.29 is 23.8 Å². The second kappa shape index (κ2) is 7.15. The molecule has 120 valence electrons. The summed E-state index contributed by atoms with van der Waals surface area (Å²) in [5.74, 6) is 0.485. The van der Waals surface area contributed by atoms with E-state index in [2.05, 4.69) is 0 Å². The molecule has 0 saturated carbocycles. The molecular formula is C16H21NO5. The normalized spacial score (nSPS) is 17.8. The number of esters is 1. The summed E-state index contributed by atoms with van der Waals surface area (Å²) in [6.45, 7) is 0.540. The Kier molecular flexibility index (Phi) is 5.25. The standard InChI is InChI=1S/C16H21NO5/c1-20-12-8-11(9-13(10-12)21-2)15(18)17-7-5-4-6-14(17)16(19)22-3/h8-10,14H,4-7H2,1-3H3/t14-/m0/s1. The van der Waals surface area contributed by atoms with Crippen LogP contribution >= 0.6 is 0 Å². The monoisotopic (exact) mass is 307 g/mol. The average molecular weight is 307 g/mol. The Bertz CT molecular complexity index is 535. The minimum absolute atomic E-state index is 0.215. The molecule has 0 spiro atoms. The predicted octanol–water partition coefficient (Wildman–Crippen LogP) is 1.87. The largest absolute Gasteiger partial charge is 0.497 e. The van der Waals surface area contributed by atoms with Crippen molar-refractivity contribution >= 4 is 11.9 Å². The van der Waals surface area contributed by atoms with Crippen molar-refractivity contribution in [1.29, 1.82) is 0 Å². The summed E-state index contributed by atoms with van der Waals surface area (Å²) in [4.78, 5) is 26.2. The lowest BCUT2D eigenvalue weighted by molar-refractivity contribution is -0.147. The lowest BCUT2D eigenvalue weighted by Crippen LogP contribution is -2.48.